The first kappa shape index (κ1) is 28.7. The highest BCUT2D eigenvalue weighted by atomic mass is 32.2. The summed E-state index contributed by atoms with van der Waals surface area (Å²) < 4.78 is 47.0. The first-order valence-electron chi connectivity index (χ1n) is 13.1. The molecule has 0 aromatic heterocycles. The quantitative estimate of drug-likeness (QED) is 0.369. The molecule has 0 spiro atoms. The summed E-state index contributed by atoms with van der Waals surface area (Å²) in [6, 6.07) is 16.3. The Morgan fingerprint density at radius 2 is 1.54 bits per heavy atom. The summed E-state index contributed by atoms with van der Waals surface area (Å²) in [5, 5.41) is 1.82. The van der Waals surface area contributed by atoms with E-state index in [1.807, 2.05) is 70.2 Å². The number of ether oxygens (including phenoxy) is 3. The van der Waals surface area contributed by atoms with Crippen molar-refractivity contribution in [2.45, 2.75) is 63.6 Å². The van der Waals surface area contributed by atoms with Crippen molar-refractivity contribution in [2.75, 3.05) is 27.3 Å². The number of likely N-dealkylation sites (tertiary alicyclic amines) is 1. The average molecular weight is 555 g/mol. The maximum Gasteiger partial charge on any atom is 0.410 e. The van der Waals surface area contributed by atoms with Crippen LogP contribution in [0.3, 0.4) is 0 Å². The molecule has 9 heteroatoms. The van der Waals surface area contributed by atoms with E-state index in [0.717, 1.165) is 16.3 Å². The minimum absolute atomic E-state index is 0.0683. The van der Waals surface area contributed by atoms with Crippen LogP contribution in [0.1, 0.15) is 44.7 Å². The molecular weight excluding hydrogens is 516 g/mol. The zero-order chi connectivity index (χ0) is 28.4. The Hall–Kier alpha value is -3.30. The minimum atomic E-state index is -3.93. The van der Waals surface area contributed by atoms with Gasteiger partial charge in [-0.3, -0.25) is 0 Å². The third-order valence-corrected chi connectivity index (χ3v) is 8.81. The zero-order valence-electron chi connectivity index (χ0n) is 23.6. The molecule has 0 N–H and O–H groups in total. The van der Waals surface area contributed by atoms with E-state index < -0.39 is 15.6 Å². The zero-order valence-corrected chi connectivity index (χ0v) is 24.4. The van der Waals surface area contributed by atoms with E-state index >= 15 is 0 Å². The predicted octanol–water partition coefficient (Wildman–Crippen LogP) is 5.76. The molecule has 8 nitrogen and oxygen atoms in total. The molecule has 0 bridgehead atoms. The van der Waals surface area contributed by atoms with Gasteiger partial charge >= 0.3 is 6.09 Å². The molecule has 0 saturated carbocycles. The van der Waals surface area contributed by atoms with Crippen LogP contribution in [-0.4, -0.2) is 62.7 Å². The topological polar surface area (TPSA) is 85.4 Å². The van der Waals surface area contributed by atoms with Crippen molar-refractivity contribution in [3.05, 3.63) is 65.7 Å². The highest BCUT2D eigenvalue weighted by Gasteiger charge is 2.37. The fourth-order valence-corrected chi connectivity index (χ4v) is 6.65. The number of amides is 1. The molecule has 1 fully saturated rings. The SMILES string of the molecule is COc1cc(C)cc(OC)c1CN(C1CCN(C(=O)OC(C)(C)C)CC1)S(=O)(=O)c1ccc2ccccc2c1. The molecule has 4 rings (SSSR count). The van der Waals surface area contributed by atoms with E-state index in [1.165, 1.54) is 0 Å². The van der Waals surface area contributed by atoms with E-state index in [1.54, 1.807) is 35.6 Å². The summed E-state index contributed by atoms with van der Waals surface area (Å²) in [4.78, 5) is 14.5. The molecule has 0 aliphatic carbocycles. The van der Waals surface area contributed by atoms with E-state index in [4.69, 9.17) is 14.2 Å². The Morgan fingerprint density at radius 1 is 0.949 bits per heavy atom. The van der Waals surface area contributed by atoms with E-state index in [2.05, 4.69) is 0 Å². The minimum Gasteiger partial charge on any atom is -0.496 e. The fraction of sp³-hybridized carbons (Fsp3) is 0.433. The number of aryl methyl sites for hydroxylation is 1. The lowest BCUT2D eigenvalue weighted by molar-refractivity contribution is 0.0176. The first-order chi connectivity index (χ1) is 18.4. The molecule has 3 aromatic carbocycles. The molecule has 1 saturated heterocycles. The smallest absolute Gasteiger partial charge is 0.410 e. The average Bonchev–Trinajstić information content (AvgIpc) is 2.90. The summed E-state index contributed by atoms with van der Waals surface area (Å²) in [5.41, 5.74) is 1.00. The van der Waals surface area contributed by atoms with Crippen LogP contribution in [0, 0.1) is 6.92 Å². The molecule has 1 aliphatic rings. The summed E-state index contributed by atoms with van der Waals surface area (Å²) in [5.74, 6) is 1.13. The molecule has 1 heterocycles. The lowest BCUT2D eigenvalue weighted by Gasteiger charge is -2.38. The van der Waals surface area contributed by atoms with Crippen molar-refractivity contribution in [1.29, 1.82) is 0 Å². The van der Waals surface area contributed by atoms with Crippen molar-refractivity contribution < 1.29 is 27.4 Å². The molecule has 3 aromatic rings. The third-order valence-electron chi connectivity index (χ3n) is 6.92. The number of sulfonamides is 1. The Balaban J connectivity index is 1.71. The molecule has 0 radical (unpaired) electrons. The van der Waals surface area contributed by atoms with Gasteiger partial charge in [-0.2, -0.15) is 4.31 Å². The number of methoxy groups -OCH3 is 2. The van der Waals surface area contributed by atoms with Gasteiger partial charge in [-0.25, -0.2) is 13.2 Å². The van der Waals surface area contributed by atoms with E-state index in [-0.39, 0.29) is 23.6 Å². The van der Waals surface area contributed by atoms with Crippen molar-refractivity contribution in [2.24, 2.45) is 0 Å². The second-order valence-electron chi connectivity index (χ2n) is 10.9. The number of hydrogen-bond acceptors (Lipinski definition) is 6. The van der Waals surface area contributed by atoms with Crippen LogP contribution in [0.2, 0.25) is 0 Å². The first-order valence-corrected chi connectivity index (χ1v) is 14.6. The lowest BCUT2D eigenvalue weighted by Crippen LogP contribution is -2.49. The number of benzene rings is 3. The number of carbonyl (C=O) groups is 1. The fourth-order valence-electron chi connectivity index (χ4n) is 4.96. The summed E-state index contributed by atoms with van der Waals surface area (Å²) in [7, 11) is -0.792. The van der Waals surface area contributed by atoms with Crippen molar-refractivity contribution in [3.8, 4) is 11.5 Å². The molecule has 39 heavy (non-hydrogen) atoms. The molecule has 1 amide bonds. The highest BCUT2D eigenvalue weighted by molar-refractivity contribution is 7.89. The van der Waals surface area contributed by atoms with E-state index in [9.17, 15) is 13.2 Å². The second-order valence-corrected chi connectivity index (χ2v) is 12.8. The number of nitrogens with zero attached hydrogens (tertiary/aromatic N) is 2. The largest absolute Gasteiger partial charge is 0.496 e. The number of carbonyl (C=O) groups excluding carboxylic acids is 1. The predicted molar refractivity (Wildman–Crippen MR) is 152 cm³/mol. The van der Waals surface area contributed by atoms with Gasteiger partial charge in [0.2, 0.25) is 10.0 Å². The van der Waals surface area contributed by atoms with Crippen LogP contribution < -0.4 is 9.47 Å². The van der Waals surface area contributed by atoms with Crippen molar-refractivity contribution in [3.63, 3.8) is 0 Å². The molecule has 0 unspecified atom stereocenters. The standard InChI is InChI=1S/C30H38N2O6S/c1-21-17-27(36-5)26(28(18-21)37-6)20-32(24-13-15-31(16-14-24)29(33)38-30(2,3)4)39(34,35)25-12-11-22-9-7-8-10-23(22)19-25/h7-12,17-19,24H,13-16,20H2,1-6H3. The summed E-state index contributed by atoms with van der Waals surface area (Å²) in [6.07, 6.45) is 0.567. The summed E-state index contributed by atoms with van der Waals surface area (Å²) in [6.45, 7) is 8.29. The van der Waals surface area contributed by atoms with Crippen LogP contribution >= 0.6 is 0 Å². The Kier molecular flexibility index (Phi) is 8.42. The second kappa shape index (κ2) is 11.4. The van der Waals surface area contributed by atoms with Crippen LogP contribution in [0.25, 0.3) is 10.8 Å². The van der Waals surface area contributed by atoms with Crippen LogP contribution in [-0.2, 0) is 21.3 Å². The number of piperidine rings is 1. The molecule has 0 atom stereocenters. The highest BCUT2D eigenvalue weighted by Crippen LogP contribution is 2.36. The monoisotopic (exact) mass is 554 g/mol. The summed E-state index contributed by atoms with van der Waals surface area (Å²) >= 11 is 0. The van der Waals surface area contributed by atoms with Gasteiger partial charge in [0.1, 0.15) is 17.1 Å². The van der Waals surface area contributed by atoms with Gasteiger partial charge in [-0.05, 0) is 81.1 Å². The van der Waals surface area contributed by atoms with Crippen molar-refractivity contribution >= 4 is 26.9 Å². The Bertz CT molecular complexity index is 1410. The van der Waals surface area contributed by atoms with E-state index in [0.29, 0.717) is 43.0 Å². The van der Waals surface area contributed by atoms with Gasteiger partial charge in [-0.1, -0.05) is 30.3 Å². The van der Waals surface area contributed by atoms with Gasteiger partial charge < -0.3 is 19.1 Å². The maximum absolute atomic E-state index is 14.3. The lowest BCUT2D eigenvalue weighted by atomic mass is 10.0. The number of rotatable bonds is 7. The van der Waals surface area contributed by atoms with Gasteiger partial charge in [0.15, 0.2) is 0 Å². The molecule has 210 valence electrons. The molecular formula is C30H38N2O6S. The van der Waals surface area contributed by atoms with Gasteiger partial charge in [-0.15, -0.1) is 0 Å². The Morgan fingerprint density at radius 3 is 2.10 bits per heavy atom. The van der Waals surface area contributed by atoms with Crippen LogP contribution in [0.15, 0.2) is 59.5 Å². The van der Waals surface area contributed by atoms with Crippen LogP contribution in [0.5, 0.6) is 11.5 Å². The molecule has 1 aliphatic heterocycles. The van der Waals surface area contributed by atoms with Crippen LogP contribution in [0.4, 0.5) is 4.79 Å². The number of hydrogen-bond donors (Lipinski definition) is 0. The Labute approximate surface area is 231 Å². The van der Waals surface area contributed by atoms with Gasteiger partial charge in [0, 0.05) is 25.7 Å². The third kappa shape index (κ3) is 6.47. The van der Waals surface area contributed by atoms with Gasteiger partial charge in [0.05, 0.1) is 24.7 Å². The number of fused-ring (bicyclic) bond motifs is 1. The van der Waals surface area contributed by atoms with Gasteiger partial charge in [0.25, 0.3) is 0 Å². The maximum atomic E-state index is 14.3. The normalized spacial score (nSPS) is 15.0. The van der Waals surface area contributed by atoms with Crippen molar-refractivity contribution in [1.82, 2.24) is 9.21 Å².